The second kappa shape index (κ2) is 11.6. The van der Waals surface area contributed by atoms with Gasteiger partial charge in [0, 0.05) is 24.9 Å². The summed E-state index contributed by atoms with van der Waals surface area (Å²) in [4.78, 5) is 57.2. The number of carboxylic acid groups (broad SMARTS) is 1. The quantitative estimate of drug-likeness (QED) is 0.283. The van der Waals surface area contributed by atoms with Crippen LogP contribution >= 0.6 is 11.8 Å². The Morgan fingerprint density at radius 3 is 2.73 bits per heavy atom. The number of nitrogens with two attached hydrogens (primary N) is 1. The number of thioether (sulfide) groups is 1. The summed E-state index contributed by atoms with van der Waals surface area (Å²) in [5.41, 5.74) is 5.98. The van der Waals surface area contributed by atoms with Crippen molar-refractivity contribution in [1.82, 2.24) is 25.5 Å². The summed E-state index contributed by atoms with van der Waals surface area (Å²) in [7, 11) is 0. The lowest BCUT2D eigenvalue weighted by atomic mass is 10.1. The molecule has 3 unspecified atom stereocenters. The predicted octanol–water partition coefficient (Wildman–Crippen LogP) is -1.29. The van der Waals surface area contributed by atoms with Crippen LogP contribution in [0.25, 0.3) is 0 Å². The number of carboxylic acids is 1. The molecule has 1 fully saturated rings. The number of hydrogen-bond acceptors (Lipinski definition) is 7. The predicted molar refractivity (Wildman–Crippen MR) is 111 cm³/mol. The zero-order valence-corrected chi connectivity index (χ0v) is 17.6. The highest BCUT2D eigenvalue weighted by Crippen LogP contribution is 2.18. The SMILES string of the molecule is CSCCC(NC(=O)C1CCCN1C(=O)CN)C(=O)NC(Cc1cnc[nH]1)C(=O)O. The third-order valence-corrected chi connectivity index (χ3v) is 5.53. The Kier molecular flexibility index (Phi) is 9.12. The van der Waals surface area contributed by atoms with E-state index in [1.54, 1.807) is 0 Å². The number of amides is 3. The van der Waals surface area contributed by atoms with Crippen molar-refractivity contribution in [3.05, 3.63) is 18.2 Å². The molecule has 1 aliphatic heterocycles. The molecule has 30 heavy (non-hydrogen) atoms. The minimum absolute atomic E-state index is 0.0334. The molecule has 12 heteroatoms. The summed E-state index contributed by atoms with van der Waals surface area (Å²) in [6.45, 7) is 0.259. The number of aromatic nitrogens is 2. The molecule has 3 atom stereocenters. The third-order valence-electron chi connectivity index (χ3n) is 4.89. The number of hydrogen-bond donors (Lipinski definition) is 5. The van der Waals surface area contributed by atoms with Gasteiger partial charge in [-0.1, -0.05) is 0 Å². The van der Waals surface area contributed by atoms with E-state index in [4.69, 9.17) is 5.73 Å². The molecule has 0 bridgehead atoms. The number of rotatable bonds is 11. The van der Waals surface area contributed by atoms with Crippen molar-refractivity contribution in [3.63, 3.8) is 0 Å². The number of imidazole rings is 1. The number of nitrogens with one attached hydrogen (secondary N) is 3. The molecule has 2 heterocycles. The zero-order chi connectivity index (χ0) is 22.1. The summed E-state index contributed by atoms with van der Waals surface area (Å²) in [5, 5.41) is 14.6. The van der Waals surface area contributed by atoms with Gasteiger partial charge >= 0.3 is 5.97 Å². The van der Waals surface area contributed by atoms with Gasteiger partial charge in [-0.25, -0.2) is 9.78 Å². The normalized spacial score (nSPS) is 17.9. The molecule has 6 N–H and O–H groups in total. The van der Waals surface area contributed by atoms with Crippen molar-refractivity contribution in [2.24, 2.45) is 5.73 Å². The molecule has 0 aromatic carbocycles. The minimum Gasteiger partial charge on any atom is -0.480 e. The lowest BCUT2D eigenvalue weighted by Crippen LogP contribution is -2.56. The highest BCUT2D eigenvalue weighted by atomic mass is 32.2. The van der Waals surface area contributed by atoms with Crippen molar-refractivity contribution in [1.29, 1.82) is 0 Å². The maximum Gasteiger partial charge on any atom is 0.326 e. The fourth-order valence-corrected chi connectivity index (χ4v) is 3.79. The van der Waals surface area contributed by atoms with Crippen LogP contribution in [0.15, 0.2) is 12.5 Å². The second-order valence-electron chi connectivity index (χ2n) is 6.97. The van der Waals surface area contributed by atoms with E-state index < -0.39 is 35.9 Å². The Labute approximate surface area is 178 Å². The molecular formula is C18H28N6O5S. The Hall–Kier alpha value is -2.60. The first kappa shape index (κ1) is 23.7. The van der Waals surface area contributed by atoms with E-state index >= 15 is 0 Å². The molecule has 3 amide bonds. The Morgan fingerprint density at radius 2 is 2.13 bits per heavy atom. The first-order valence-corrected chi connectivity index (χ1v) is 11.1. The van der Waals surface area contributed by atoms with Gasteiger partial charge in [0.15, 0.2) is 0 Å². The molecule has 1 aromatic rings. The van der Waals surface area contributed by atoms with E-state index in [-0.39, 0.29) is 18.9 Å². The summed E-state index contributed by atoms with van der Waals surface area (Å²) >= 11 is 1.50. The summed E-state index contributed by atoms with van der Waals surface area (Å²) < 4.78 is 0. The van der Waals surface area contributed by atoms with Crippen LogP contribution in [0.1, 0.15) is 25.0 Å². The molecule has 1 saturated heterocycles. The van der Waals surface area contributed by atoms with Crippen LogP contribution in [0.2, 0.25) is 0 Å². The van der Waals surface area contributed by atoms with Crippen LogP contribution in [0.5, 0.6) is 0 Å². The van der Waals surface area contributed by atoms with Crippen LogP contribution in [0.3, 0.4) is 0 Å². The fraction of sp³-hybridized carbons (Fsp3) is 0.611. The first-order chi connectivity index (χ1) is 14.4. The smallest absolute Gasteiger partial charge is 0.326 e. The molecule has 0 spiro atoms. The van der Waals surface area contributed by atoms with Gasteiger partial charge in [-0.05, 0) is 31.3 Å². The van der Waals surface area contributed by atoms with Gasteiger partial charge in [-0.2, -0.15) is 11.8 Å². The van der Waals surface area contributed by atoms with Gasteiger partial charge in [0.25, 0.3) is 0 Å². The van der Waals surface area contributed by atoms with Crippen molar-refractivity contribution >= 4 is 35.5 Å². The number of carbonyl (C=O) groups excluding carboxylic acids is 3. The van der Waals surface area contributed by atoms with E-state index in [0.717, 1.165) is 0 Å². The van der Waals surface area contributed by atoms with Crippen molar-refractivity contribution < 1.29 is 24.3 Å². The largest absolute Gasteiger partial charge is 0.480 e. The highest BCUT2D eigenvalue weighted by Gasteiger charge is 2.35. The van der Waals surface area contributed by atoms with Crippen LogP contribution in [0.4, 0.5) is 0 Å². The molecule has 2 rings (SSSR count). The topological polar surface area (TPSA) is 171 Å². The lowest BCUT2D eigenvalue weighted by Gasteiger charge is -2.26. The van der Waals surface area contributed by atoms with E-state index in [9.17, 15) is 24.3 Å². The monoisotopic (exact) mass is 440 g/mol. The van der Waals surface area contributed by atoms with E-state index in [1.165, 1.54) is 29.2 Å². The van der Waals surface area contributed by atoms with E-state index in [0.29, 0.717) is 37.3 Å². The Balaban J connectivity index is 2.05. The summed E-state index contributed by atoms with van der Waals surface area (Å²) in [6, 6.07) is -2.76. The first-order valence-electron chi connectivity index (χ1n) is 9.66. The molecule has 0 aliphatic carbocycles. The van der Waals surface area contributed by atoms with Gasteiger partial charge in [-0.3, -0.25) is 14.4 Å². The van der Waals surface area contributed by atoms with E-state index in [2.05, 4.69) is 20.6 Å². The van der Waals surface area contributed by atoms with Gasteiger partial charge in [0.2, 0.25) is 17.7 Å². The molecule has 1 aliphatic rings. The van der Waals surface area contributed by atoms with Crippen LogP contribution in [0, 0.1) is 0 Å². The number of aliphatic carboxylic acids is 1. The average Bonchev–Trinajstić information content (AvgIpc) is 3.41. The van der Waals surface area contributed by atoms with Crippen LogP contribution in [-0.2, 0) is 25.6 Å². The average molecular weight is 441 g/mol. The summed E-state index contributed by atoms with van der Waals surface area (Å²) in [6.07, 6.45) is 6.31. The summed E-state index contributed by atoms with van der Waals surface area (Å²) in [5.74, 6) is -1.94. The third kappa shape index (κ3) is 6.46. The van der Waals surface area contributed by atoms with Gasteiger partial charge < -0.3 is 31.4 Å². The van der Waals surface area contributed by atoms with Crippen LogP contribution < -0.4 is 16.4 Å². The Morgan fingerprint density at radius 1 is 1.37 bits per heavy atom. The fourth-order valence-electron chi connectivity index (χ4n) is 3.32. The lowest BCUT2D eigenvalue weighted by molar-refractivity contribution is -0.142. The number of H-pyrrole nitrogens is 1. The molecule has 0 saturated carbocycles. The maximum atomic E-state index is 12.8. The van der Waals surface area contributed by atoms with Gasteiger partial charge in [-0.15, -0.1) is 0 Å². The molecule has 0 radical (unpaired) electrons. The number of aromatic amines is 1. The van der Waals surface area contributed by atoms with Crippen molar-refractivity contribution in [2.45, 2.75) is 43.8 Å². The highest BCUT2D eigenvalue weighted by molar-refractivity contribution is 7.98. The molecule has 11 nitrogen and oxygen atoms in total. The molecular weight excluding hydrogens is 412 g/mol. The van der Waals surface area contributed by atoms with Crippen molar-refractivity contribution in [2.75, 3.05) is 25.1 Å². The van der Waals surface area contributed by atoms with Crippen molar-refractivity contribution in [3.8, 4) is 0 Å². The second-order valence-corrected chi connectivity index (χ2v) is 7.96. The molecule has 166 valence electrons. The van der Waals surface area contributed by atoms with E-state index in [1.807, 2.05) is 6.26 Å². The number of carbonyl (C=O) groups is 4. The minimum atomic E-state index is -1.19. The standard InChI is InChI=1S/C18H28N6O5S/c1-30-6-4-12(22-17(27)14-3-2-5-24(14)15(25)8-19)16(26)23-13(18(28)29)7-11-9-20-10-21-11/h9-10,12-14H,2-8,19H2,1H3,(H,20,21)(H,22,27)(H,23,26)(H,28,29). The maximum absolute atomic E-state index is 12.8. The molecule has 1 aromatic heterocycles. The van der Waals surface area contributed by atoms with Crippen LogP contribution in [-0.4, -0.2) is 86.9 Å². The number of nitrogens with zero attached hydrogens (tertiary/aromatic N) is 2. The Bertz CT molecular complexity index is 743. The van der Waals surface area contributed by atoms with Gasteiger partial charge in [0.05, 0.1) is 12.9 Å². The number of likely N-dealkylation sites (tertiary alicyclic amines) is 1. The van der Waals surface area contributed by atoms with Gasteiger partial charge in [0.1, 0.15) is 18.1 Å². The zero-order valence-electron chi connectivity index (χ0n) is 16.8.